The third-order valence-electron chi connectivity index (χ3n) is 5.96. The number of carbonyl (C=O) groups excluding carboxylic acids is 1. The molecular formula is C20H28F3N5O4. The topological polar surface area (TPSA) is 108 Å². The Kier molecular flexibility index (Phi) is 7.42. The maximum absolute atomic E-state index is 12.5. The van der Waals surface area contributed by atoms with E-state index in [2.05, 4.69) is 15.3 Å². The van der Waals surface area contributed by atoms with Crippen LogP contribution in [0.5, 0.6) is 0 Å². The molecule has 0 bridgehead atoms. The highest BCUT2D eigenvalue weighted by Crippen LogP contribution is 2.42. The molecule has 1 aromatic rings. The van der Waals surface area contributed by atoms with Gasteiger partial charge in [-0.05, 0) is 44.1 Å². The number of amides is 2. The number of hydrogen-bond donors (Lipinski definition) is 2. The molecule has 4 rings (SSSR count). The molecule has 3 aliphatic rings. The molecule has 178 valence electrons. The van der Waals surface area contributed by atoms with Crippen molar-refractivity contribution in [1.29, 1.82) is 0 Å². The maximum Gasteiger partial charge on any atom is 0.490 e. The fourth-order valence-electron chi connectivity index (χ4n) is 4.23. The van der Waals surface area contributed by atoms with E-state index in [0.29, 0.717) is 11.9 Å². The minimum atomic E-state index is -5.08. The molecule has 0 saturated carbocycles. The molecule has 1 spiro atoms. The van der Waals surface area contributed by atoms with Gasteiger partial charge in [0.2, 0.25) is 5.95 Å². The van der Waals surface area contributed by atoms with Gasteiger partial charge >= 0.3 is 18.2 Å². The number of nitrogens with one attached hydrogen (secondary N) is 1. The predicted octanol–water partition coefficient (Wildman–Crippen LogP) is 2.53. The summed E-state index contributed by atoms with van der Waals surface area (Å²) < 4.78 is 37.8. The van der Waals surface area contributed by atoms with Gasteiger partial charge in [-0.25, -0.2) is 19.6 Å². The average Bonchev–Trinajstić information content (AvgIpc) is 3.38. The largest absolute Gasteiger partial charge is 0.490 e. The van der Waals surface area contributed by atoms with Gasteiger partial charge in [-0.3, -0.25) is 0 Å². The van der Waals surface area contributed by atoms with Crippen LogP contribution in [0.4, 0.5) is 23.9 Å². The zero-order valence-electron chi connectivity index (χ0n) is 17.9. The Balaban J connectivity index is 0.000000360. The van der Waals surface area contributed by atoms with Crippen molar-refractivity contribution < 1.29 is 32.6 Å². The van der Waals surface area contributed by atoms with E-state index in [-0.39, 0.29) is 11.6 Å². The van der Waals surface area contributed by atoms with E-state index in [9.17, 15) is 18.0 Å². The number of rotatable bonds is 4. The van der Waals surface area contributed by atoms with Crippen molar-refractivity contribution in [3.63, 3.8) is 0 Å². The van der Waals surface area contributed by atoms with Crippen LogP contribution >= 0.6 is 0 Å². The van der Waals surface area contributed by atoms with Crippen molar-refractivity contribution in [2.75, 3.05) is 44.6 Å². The van der Waals surface area contributed by atoms with Crippen LogP contribution in [0.1, 0.15) is 31.2 Å². The van der Waals surface area contributed by atoms with Crippen molar-refractivity contribution in [1.82, 2.24) is 19.8 Å². The summed E-state index contributed by atoms with van der Waals surface area (Å²) in [5.41, 5.74) is 0.941. The van der Waals surface area contributed by atoms with Gasteiger partial charge < -0.3 is 25.0 Å². The number of aromatic nitrogens is 2. The summed E-state index contributed by atoms with van der Waals surface area (Å²) in [4.78, 5) is 33.9. The van der Waals surface area contributed by atoms with Gasteiger partial charge in [0, 0.05) is 38.6 Å². The first kappa shape index (κ1) is 24.0. The van der Waals surface area contributed by atoms with E-state index >= 15 is 0 Å². The van der Waals surface area contributed by atoms with Gasteiger partial charge in [0.1, 0.15) is 5.60 Å². The van der Waals surface area contributed by atoms with Crippen LogP contribution in [-0.2, 0) is 9.53 Å². The number of nitrogens with zero attached hydrogens (tertiary/aromatic N) is 4. The van der Waals surface area contributed by atoms with Crippen LogP contribution in [0.15, 0.2) is 12.4 Å². The lowest BCUT2D eigenvalue weighted by Crippen LogP contribution is -2.67. The molecule has 0 aliphatic carbocycles. The summed E-state index contributed by atoms with van der Waals surface area (Å²) in [5, 5.41) is 10.4. The van der Waals surface area contributed by atoms with Gasteiger partial charge in [0.05, 0.1) is 13.1 Å². The normalized spacial score (nSPS) is 21.7. The lowest BCUT2D eigenvalue weighted by Gasteiger charge is -2.51. The zero-order chi connectivity index (χ0) is 23.4. The van der Waals surface area contributed by atoms with Crippen LogP contribution < -0.4 is 5.32 Å². The minimum Gasteiger partial charge on any atom is -0.475 e. The standard InChI is InChI=1S/C18H27N5O2.C2HF3O2/c1-14-10-20-16(21-11-14)19-6-4-15-5-9-25-18(15)12-23(13-18)17(24)22-7-2-3-8-22;3-2(4,5)1(6)7/h10-11,15H,2-9,12-13H2,1H3,(H,19,20,21);(H,6,7). The number of hydrogen-bond acceptors (Lipinski definition) is 6. The second-order valence-electron chi connectivity index (χ2n) is 8.33. The highest BCUT2D eigenvalue weighted by atomic mass is 19.4. The fraction of sp³-hybridized carbons (Fsp3) is 0.700. The highest BCUT2D eigenvalue weighted by molar-refractivity contribution is 5.76. The molecule has 3 saturated heterocycles. The number of likely N-dealkylation sites (tertiary alicyclic amines) is 2. The first-order valence-corrected chi connectivity index (χ1v) is 10.6. The van der Waals surface area contributed by atoms with E-state index in [0.717, 1.165) is 70.6 Å². The molecule has 4 heterocycles. The molecule has 0 aromatic carbocycles. The monoisotopic (exact) mass is 459 g/mol. The molecule has 0 radical (unpaired) electrons. The van der Waals surface area contributed by atoms with Gasteiger partial charge in [-0.2, -0.15) is 13.2 Å². The zero-order valence-corrected chi connectivity index (χ0v) is 17.9. The summed E-state index contributed by atoms with van der Waals surface area (Å²) in [6, 6.07) is 0.198. The predicted molar refractivity (Wildman–Crippen MR) is 108 cm³/mol. The molecule has 12 heteroatoms. The van der Waals surface area contributed by atoms with Crippen LogP contribution in [-0.4, -0.2) is 88.0 Å². The maximum atomic E-state index is 12.5. The van der Waals surface area contributed by atoms with Gasteiger partial charge in [-0.1, -0.05) is 0 Å². The number of aryl methyl sites for hydroxylation is 1. The van der Waals surface area contributed by atoms with Crippen LogP contribution in [0.2, 0.25) is 0 Å². The van der Waals surface area contributed by atoms with Gasteiger partial charge in [-0.15, -0.1) is 0 Å². The minimum absolute atomic E-state index is 0.120. The first-order chi connectivity index (χ1) is 15.1. The molecule has 32 heavy (non-hydrogen) atoms. The second-order valence-corrected chi connectivity index (χ2v) is 8.33. The molecule has 1 atom stereocenters. The van der Waals surface area contributed by atoms with E-state index in [1.165, 1.54) is 0 Å². The number of alkyl halides is 3. The number of carbonyl (C=O) groups is 2. The molecule has 3 aliphatic heterocycles. The summed E-state index contributed by atoms with van der Waals surface area (Å²) >= 11 is 0. The van der Waals surface area contributed by atoms with E-state index in [1.807, 2.05) is 29.1 Å². The number of carboxylic acid groups (broad SMARTS) is 1. The lowest BCUT2D eigenvalue weighted by atomic mass is 9.79. The van der Waals surface area contributed by atoms with Crippen molar-refractivity contribution in [2.45, 2.75) is 44.4 Å². The third-order valence-corrected chi connectivity index (χ3v) is 5.96. The van der Waals surface area contributed by atoms with Gasteiger partial charge in [0.25, 0.3) is 0 Å². The molecular weight excluding hydrogens is 431 g/mol. The Morgan fingerprint density at radius 1 is 1.22 bits per heavy atom. The second kappa shape index (κ2) is 9.88. The van der Waals surface area contributed by atoms with E-state index < -0.39 is 12.1 Å². The summed E-state index contributed by atoms with van der Waals surface area (Å²) in [6.07, 6.45) is 2.92. The number of halogens is 3. The Morgan fingerprint density at radius 3 is 2.38 bits per heavy atom. The summed E-state index contributed by atoms with van der Waals surface area (Å²) in [5.74, 6) is -1.58. The fourth-order valence-corrected chi connectivity index (χ4v) is 4.23. The smallest absolute Gasteiger partial charge is 0.475 e. The number of ether oxygens (including phenoxy) is 1. The number of aliphatic carboxylic acids is 1. The molecule has 1 unspecified atom stereocenters. The molecule has 3 fully saturated rings. The molecule has 2 amide bonds. The SMILES string of the molecule is Cc1cnc(NCCC2CCOC23CN(C(=O)N2CCCC2)C3)nc1.O=C(O)C(F)(F)F. The van der Waals surface area contributed by atoms with Crippen molar-refractivity contribution in [3.8, 4) is 0 Å². The number of anilines is 1. The van der Waals surface area contributed by atoms with Crippen molar-refractivity contribution in [3.05, 3.63) is 18.0 Å². The van der Waals surface area contributed by atoms with Crippen LogP contribution in [0.25, 0.3) is 0 Å². The number of carboxylic acids is 1. The number of urea groups is 1. The highest BCUT2D eigenvalue weighted by Gasteiger charge is 2.54. The van der Waals surface area contributed by atoms with Crippen LogP contribution in [0.3, 0.4) is 0 Å². The Bertz CT molecular complexity index is 793. The lowest BCUT2D eigenvalue weighted by molar-refractivity contribution is -0.192. The Hall–Kier alpha value is -2.63. The quantitative estimate of drug-likeness (QED) is 0.712. The van der Waals surface area contributed by atoms with Crippen LogP contribution in [0, 0.1) is 12.8 Å². The Labute approximate surface area is 183 Å². The van der Waals surface area contributed by atoms with Crippen molar-refractivity contribution in [2.24, 2.45) is 5.92 Å². The molecule has 2 N–H and O–H groups in total. The summed E-state index contributed by atoms with van der Waals surface area (Å²) in [6.45, 7) is 6.92. The third kappa shape index (κ3) is 5.78. The molecule has 1 aromatic heterocycles. The summed E-state index contributed by atoms with van der Waals surface area (Å²) in [7, 11) is 0. The van der Waals surface area contributed by atoms with Gasteiger partial charge in [0.15, 0.2) is 0 Å². The molecule has 9 nitrogen and oxygen atoms in total. The van der Waals surface area contributed by atoms with E-state index in [1.54, 1.807) is 0 Å². The Morgan fingerprint density at radius 2 is 1.81 bits per heavy atom. The average molecular weight is 459 g/mol. The van der Waals surface area contributed by atoms with E-state index in [4.69, 9.17) is 14.6 Å². The van der Waals surface area contributed by atoms with Crippen molar-refractivity contribution >= 4 is 17.9 Å². The first-order valence-electron chi connectivity index (χ1n) is 10.6.